The fraction of sp³-hybridized carbons (Fsp3) is 0.143. The molecule has 0 aromatic heterocycles. The maximum Gasteiger partial charge on any atom is 0.330 e. The second kappa shape index (κ2) is 5.92. The fourth-order valence-electron chi connectivity index (χ4n) is 1.65. The van der Waals surface area contributed by atoms with Crippen LogP contribution in [0.3, 0.4) is 0 Å². The van der Waals surface area contributed by atoms with Crippen LogP contribution in [0.15, 0.2) is 48.8 Å². The third kappa shape index (κ3) is 3.38. The van der Waals surface area contributed by atoms with Crippen LogP contribution < -0.4 is 15.0 Å². The summed E-state index contributed by atoms with van der Waals surface area (Å²) in [5.74, 6) is -0.410. The standard InChI is InChI=1S/C14H14N2O4/c1-10-5-7-16(14(19)15-10)11-3-2-4-12(9-11)20-8-6-13(17)18/h2-5,7,9H,1,6,8H2,(H,15,19)(H,17,18). The van der Waals surface area contributed by atoms with Gasteiger partial charge in [-0.15, -0.1) is 0 Å². The summed E-state index contributed by atoms with van der Waals surface area (Å²) in [6.07, 6.45) is 3.21. The topological polar surface area (TPSA) is 78.9 Å². The number of nitrogens with zero attached hydrogens (tertiary/aromatic N) is 1. The highest BCUT2D eigenvalue weighted by atomic mass is 16.5. The number of benzene rings is 1. The number of anilines is 1. The Morgan fingerprint density at radius 1 is 1.45 bits per heavy atom. The minimum atomic E-state index is -0.919. The van der Waals surface area contributed by atoms with Gasteiger partial charge in [-0.1, -0.05) is 12.6 Å². The zero-order valence-electron chi connectivity index (χ0n) is 10.7. The number of hydrogen-bond acceptors (Lipinski definition) is 3. The van der Waals surface area contributed by atoms with Crippen molar-refractivity contribution in [3.8, 4) is 5.75 Å². The Labute approximate surface area is 116 Å². The van der Waals surface area contributed by atoms with Crippen LogP contribution in [-0.4, -0.2) is 23.7 Å². The minimum absolute atomic E-state index is 0.0752. The lowest BCUT2D eigenvalue weighted by molar-refractivity contribution is -0.137. The first kappa shape index (κ1) is 13.7. The Bertz CT molecular complexity index is 580. The summed E-state index contributed by atoms with van der Waals surface area (Å²) >= 11 is 0. The average Bonchev–Trinajstić information content (AvgIpc) is 2.38. The molecule has 0 aliphatic carbocycles. The molecule has 1 aliphatic heterocycles. The van der Waals surface area contributed by atoms with E-state index in [0.717, 1.165) is 0 Å². The van der Waals surface area contributed by atoms with Crippen molar-refractivity contribution in [1.82, 2.24) is 5.32 Å². The molecular weight excluding hydrogens is 260 g/mol. The molecule has 6 nitrogen and oxygen atoms in total. The predicted molar refractivity (Wildman–Crippen MR) is 73.5 cm³/mol. The monoisotopic (exact) mass is 274 g/mol. The van der Waals surface area contributed by atoms with Crippen molar-refractivity contribution in [2.75, 3.05) is 11.5 Å². The highest BCUT2D eigenvalue weighted by molar-refractivity contribution is 5.96. The van der Waals surface area contributed by atoms with Gasteiger partial charge < -0.3 is 15.2 Å². The van der Waals surface area contributed by atoms with E-state index in [0.29, 0.717) is 17.1 Å². The smallest absolute Gasteiger partial charge is 0.330 e. The molecule has 0 radical (unpaired) electrons. The number of carboxylic acid groups (broad SMARTS) is 1. The molecule has 0 saturated heterocycles. The van der Waals surface area contributed by atoms with Gasteiger partial charge in [0, 0.05) is 18.0 Å². The molecule has 20 heavy (non-hydrogen) atoms. The molecule has 0 unspecified atom stereocenters. The van der Waals surface area contributed by atoms with E-state index in [1.165, 1.54) is 4.90 Å². The number of carbonyl (C=O) groups excluding carboxylic acids is 1. The molecule has 1 aliphatic rings. The van der Waals surface area contributed by atoms with E-state index in [9.17, 15) is 9.59 Å². The van der Waals surface area contributed by atoms with E-state index in [-0.39, 0.29) is 19.1 Å². The number of amides is 2. The molecule has 2 amide bonds. The molecule has 0 saturated carbocycles. The van der Waals surface area contributed by atoms with Gasteiger partial charge in [0.05, 0.1) is 18.7 Å². The van der Waals surface area contributed by atoms with Gasteiger partial charge in [-0.25, -0.2) is 4.79 Å². The summed E-state index contributed by atoms with van der Waals surface area (Å²) in [5, 5.41) is 11.1. The van der Waals surface area contributed by atoms with Crippen molar-refractivity contribution in [2.24, 2.45) is 0 Å². The van der Waals surface area contributed by atoms with Crippen LogP contribution in [0.5, 0.6) is 5.75 Å². The van der Waals surface area contributed by atoms with Crippen molar-refractivity contribution in [3.05, 3.63) is 48.8 Å². The van der Waals surface area contributed by atoms with E-state index in [1.54, 1.807) is 36.5 Å². The zero-order chi connectivity index (χ0) is 14.5. The molecule has 2 rings (SSSR count). The van der Waals surface area contributed by atoms with E-state index >= 15 is 0 Å². The lowest BCUT2D eigenvalue weighted by atomic mass is 10.2. The van der Waals surface area contributed by atoms with Crippen LogP contribution in [0.1, 0.15) is 6.42 Å². The number of hydrogen-bond donors (Lipinski definition) is 2. The second-order valence-electron chi connectivity index (χ2n) is 4.13. The Morgan fingerprint density at radius 3 is 2.95 bits per heavy atom. The van der Waals surface area contributed by atoms with Crippen molar-refractivity contribution >= 4 is 17.7 Å². The van der Waals surface area contributed by atoms with Crippen LogP contribution in [-0.2, 0) is 4.79 Å². The lowest BCUT2D eigenvalue weighted by Crippen LogP contribution is -2.38. The van der Waals surface area contributed by atoms with Gasteiger partial charge in [0.15, 0.2) is 0 Å². The Balaban J connectivity index is 2.09. The normalized spacial score (nSPS) is 14.1. The van der Waals surface area contributed by atoms with Crippen molar-refractivity contribution in [2.45, 2.75) is 6.42 Å². The first-order chi connectivity index (χ1) is 9.56. The SMILES string of the molecule is C=C1C=CN(c2cccc(OCCC(=O)O)c2)C(=O)N1. The molecular formula is C14H14N2O4. The van der Waals surface area contributed by atoms with Crippen LogP contribution in [0.4, 0.5) is 10.5 Å². The van der Waals surface area contributed by atoms with E-state index in [2.05, 4.69) is 11.9 Å². The molecule has 104 valence electrons. The number of urea groups is 1. The van der Waals surface area contributed by atoms with Gasteiger partial charge in [-0.3, -0.25) is 9.69 Å². The lowest BCUT2D eigenvalue weighted by Gasteiger charge is -2.23. The Kier molecular flexibility index (Phi) is 4.05. The minimum Gasteiger partial charge on any atom is -0.493 e. The van der Waals surface area contributed by atoms with Gasteiger partial charge in [-0.05, 0) is 18.2 Å². The first-order valence-electron chi connectivity index (χ1n) is 5.98. The number of ether oxygens (including phenoxy) is 1. The molecule has 1 aromatic rings. The molecule has 0 bridgehead atoms. The molecule has 1 aromatic carbocycles. The van der Waals surface area contributed by atoms with Gasteiger partial charge in [0.1, 0.15) is 5.75 Å². The summed E-state index contributed by atoms with van der Waals surface area (Å²) in [6, 6.07) is 6.55. The predicted octanol–water partition coefficient (Wildman–Crippen LogP) is 2.10. The molecule has 0 spiro atoms. The van der Waals surface area contributed by atoms with Crippen molar-refractivity contribution in [3.63, 3.8) is 0 Å². The van der Waals surface area contributed by atoms with Crippen molar-refractivity contribution < 1.29 is 19.4 Å². The van der Waals surface area contributed by atoms with Crippen molar-refractivity contribution in [1.29, 1.82) is 0 Å². The third-order valence-corrected chi connectivity index (χ3v) is 2.59. The summed E-state index contributed by atoms with van der Waals surface area (Å²) in [6.45, 7) is 3.72. The van der Waals surface area contributed by atoms with Crippen LogP contribution >= 0.6 is 0 Å². The molecule has 2 N–H and O–H groups in total. The van der Waals surface area contributed by atoms with Crippen LogP contribution in [0, 0.1) is 0 Å². The fourth-order valence-corrected chi connectivity index (χ4v) is 1.65. The van der Waals surface area contributed by atoms with E-state index in [4.69, 9.17) is 9.84 Å². The molecule has 6 heteroatoms. The highest BCUT2D eigenvalue weighted by Gasteiger charge is 2.17. The summed E-state index contributed by atoms with van der Waals surface area (Å²) in [4.78, 5) is 23.6. The van der Waals surface area contributed by atoms with Gasteiger partial charge in [0.2, 0.25) is 0 Å². The van der Waals surface area contributed by atoms with Gasteiger partial charge >= 0.3 is 12.0 Å². The number of allylic oxidation sites excluding steroid dienone is 1. The number of carbonyl (C=O) groups is 2. The third-order valence-electron chi connectivity index (χ3n) is 2.59. The second-order valence-corrected chi connectivity index (χ2v) is 4.13. The number of aliphatic carboxylic acids is 1. The maximum atomic E-state index is 11.8. The Morgan fingerprint density at radius 2 is 2.25 bits per heavy atom. The number of nitrogens with one attached hydrogen (secondary N) is 1. The largest absolute Gasteiger partial charge is 0.493 e. The van der Waals surface area contributed by atoms with Crippen LogP contribution in [0.2, 0.25) is 0 Å². The molecule has 1 heterocycles. The summed E-state index contributed by atoms with van der Waals surface area (Å²) < 4.78 is 5.32. The van der Waals surface area contributed by atoms with Crippen LogP contribution in [0.25, 0.3) is 0 Å². The summed E-state index contributed by atoms with van der Waals surface area (Å²) in [7, 11) is 0. The maximum absolute atomic E-state index is 11.8. The first-order valence-corrected chi connectivity index (χ1v) is 5.98. The average molecular weight is 274 g/mol. The number of rotatable bonds is 5. The molecule has 0 atom stereocenters. The molecule has 0 fully saturated rings. The zero-order valence-corrected chi connectivity index (χ0v) is 10.7. The highest BCUT2D eigenvalue weighted by Crippen LogP contribution is 2.23. The quantitative estimate of drug-likeness (QED) is 0.861. The Hall–Kier alpha value is -2.76. The van der Waals surface area contributed by atoms with E-state index in [1.807, 2.05) is 0 Å². The summed E-state index contributed by atoms with van der Waals surface area (Å²) in [5.41, 5.74) is 1.15. The number of carboxylic acids is 1. The van der Waals surface area contributed by atoms with Gasteiger partial charge in [-0.2, -0.15) is 0 Å². The van der Waals surface area contributed by atoms with Gasteiger partial charge in [0.25, 0.3) is 0 Å². The van der Waals surface area contributed by atoms with E-state index < -0.39 is 5.97 Å².